The largest absolute Gasteiger partial charge is 0.504 e. The molecule has 0 amide bonds. The summed E-state index contributed by atoms with van der Waals surface area (Å²) < 4.78 is 0. The van der Waals surface area contributed by atoms with Crippen molar-refractivity contribution < 1.29 is 15.3 Å². The van der Waals surface area contributed by atoms with Crippen LogP contribution in [0, 0.1) is 0 Å². The van der Waals surface area contributed by atoms with Gasteiger partial charge < -0.3 is 20.6 Å². The number of hydrogen-bond acceptors (Lipinski definition) is 5. The molecule has 0 aliphatic heterocycles. The lowest BCUT2D eigenvalue weighted by Crippen LogP contribution is -2.22. The van der Waals surface area contributed by atoms with Gasteiger partial charge in [0.1, 0.15) is 0 Å². The first-order chi connectivity index (χ1) is 8.65. The second kappa shape index (κ2) is 8.24. The lowest BCUT2D eigenvalue weighted by Gasteiger charge is -2.12. The van der Waals surface area contributed by atoms with Crippen molar-refractivity contribution in [2.75, 3.05) is 25.1 Å². The van der Waals surface area contributed by atoms with Crippen molar-refractivity contribution in [3.05, 3.63) is 23.8 Å². The molecule has 18 heavy (non-hydrogen) atoms. The fourth-order valence-electron chi connectivity index (χ4n) is 1.60. The van der Waals surface area contributed by atoms with Crippen LogP contribution in [0.3, 0.4) is 0 Å². The topological polar surface area (TPSA) is 72.7 Å². The highest BCUT2D eigenvalue weighted by Crippen LogP contribution is 2.27. The van der Waals surface area contributed by atoms with Crippen molar-refractivity contribution in [3.8, 4) is 11.5 Å². The Morgan fingerprint density at radius 1 is 1.22 bits per heavy atom. The maximum atomic E-state index is 9.88. The lowest BCUT2D eigenvalue weighted by molar-refractivity contribution is 0.174. The minimum Gasteiger partial charge on any atom is -0.504 e. The van der Waals surface area contributed by atoms with Gasteiger partial charge in [0.25, 0.3) is 0 Å². The van der Waals surface area contributed by atoms with Crippen LogP contribution in [0.15, 0.2) is 18.2 Å². The summed E-state index contributed by atoms with van der Waals surface area (Å²) in [6.45, 7) is 1.32. The number of phenolic OH excluding ortho intramolecular Hbond substituents is 2. The van der Waals surface area contributed by atoms with Crippen molar-refractivity contribution in [2.45, 2.75) is 18.9 Å². The summed E-state index contributed by atoms with van der Waals surface area (Å²) in [5.74, 6) is 0.790. The van der Waals surface area contributed by atoms with Crippen LogP contribution >= 0.6 is 11.8 Å². The first kappa shape index (κ1) is 15.1. The molecular formula is C13H21NO3S. The van der Waals surface area contributed by atoms with Crippen LogP contribution in [-0.4, -0.2) is 40.4 Å². The zero-order chi connectivity index (χ0) is 13.4. The standard InChI is InChI=1S/C13H21NO3S/c1-18-7-3-2-6-14-9-13(17)10-4-5-11(15)12(16)8-10/h4-5,8,13-17H,2-3,6-7,9H2,1H3/t13-/m0/s1. The number of aliphatic hydroxyl groups is 1. The van der Waals surface area contributed by atoms with E-state index in [-0.39, 0.29) is 11.5 Å². The average molecular weight is 271 g/mol. The van der Waals surface area contributed by atoms with E-state index in [2.05, 4.69) is 11.6 Å². The van der Waals surface area contributed by atoms with Crippen LogP contribution < -0.4 is 5.32 Å². The van der Waals surface area contributed by atoms with Crippen LogP contribution in [0.1, 0.15) is 24.5 Å². The van der Waals surface area contributed by atoms with Crippen molar-refractivity contribution >= 4 is 11.8 Å². The number of nitrogens with one attached hydrogen (secondary N) is 1. The third kappa shape index (κ3) is 5.16. The third-order valence-electron chi connectivity index (χ3n) is 2.67. The molecule has 0 saturated carbocycles. The molecule has 0 aromatic heterocycles. The van der Waals surface area contributed by atoms with Crippen LogP contribution in [0.5, 0.6) is 11.5 Å². The summed E-state index contributed by atoms with van der Waals surface area (Å²) in [4.78, 5) is 0. The molecule has 1 aromatic carbocycles. The van der Waals surface area contributed by atoms with Gasteiger partial charge in [-0.1, -0.05) is 6.07 Å². The third-order valence-corrected chi connectivity index (χ3v) is 3.37. The Hall–Kier alpha value is -0.910. The van der Waals surface area contributed by atoms with Gasteiger partial charge in [-0.3, -0.25) is 0 Å². The molecular weight excluding hydrogens is 250 g/mol. The highest BCUT2D eigenvalue weighted by atomic mass is 32.2. The number of aromatic hydroxyl groups is 2. The van der Waals surface area contributed by atoms with Gasteiger partial charge in [-0.15, -0.1) is 0 Å². The summed E-state index contributed by atoms with van der Waals surface area (Å²) >= 11 is 1.84. The van der Waals surface area contributed by atoms with Crippen LogP contribution in [0.4, 0.5) is 0 Å². The van der Waals surface area contributed by atoms with E-state index in [0.29, 0.717) is 12.1 Å². The number of phenols is 2. The number of rotatable bonds is 8. The van der Waals surface area contributed by atoms with E-state index < -0.39 is 6.10 Å². The van der Waals surface area contributed by atoms with E-state index in [4.69, 9.17) is 0 Å². The van der Waals surface area contributed by atoms with Gasteiger partial charge in [-0.05, 0) is 49.1 Å². The fraction of sp³-hybridized carbons (Fsp3) is 0.538. The molecule has 1 atom stereocenters. The first-order valence-electron chi connectivity index (χ1n) is 6.04. The van der Waals surface area contributed by atoms with Gasteiger partial charge in [-0.2, -0.15) is 11.8 Å². The Morgan fingerprint density at radius 2 is 2.00 bits per heavy atom. The minimum absolute atomic E-state index is 0.170. The van der Waals surface area contributed by atoms with E-state index in [1.807, 2.05) is 11.8 Å². The zero-order valence-corrected chi connectivity index (χ0v) is 11.4. The molecule has 0 heterocycles. The highest BCUT2D eigenvalue weighted by Gasteiger charge is 2.09. The fourth-order valence-corrected chi connectivity index (χ4v) is 2.09. The Kier molecular flexibility index (Phi) is 6.93. The summed E-state index contributed by atoms with van der Waals surface area (Å²) in [5.41, 5.74) is 0.599. The number of hydrogen-bond donors (Lipinski definition) is 4. The van der Waals surface area contributed by atoms with Crippen LogP contribution in [0.2, 0.25) is 0 Å². The molecule has 0 radical (unpaired) electrons. The van der Waals surface area contributed by atoms with Gasteiger partial charge in [0.15, 0.2) is 11.5 Å². The second-order valence-electron chi connectivity index (χ2n) is 4.17. The smallest absolute Gasteiger partial charge is 0.157 e. The summed E-state index contributed by atoms with van der Waals surface area (Å²) in [7, 11) is 0. The van der Waals surface area contributed by atoms with Gasteiger partial charge in [0.2, 0.25) is 0 Å². The van der Waals surface area contributed by atoms with Crippen molar-refractivity contribution in [3.63, 3.8) is 0 Å². The molecule has 5 heteroatoms. The maximum absolute atomic E-state index is 9.88. The maximum Gasteiger partial charge on any atom is 0.157 e. The molecule has 1 rings (SSSR count). The minimum atomic E-state index is -0.669. The molecule has 0 unspecified atom stereocenters. The van der Waals surface area contributed by atoms with Gasteiger partial charge in [0.05, 0.1) is 6.10 Å². The molecule has 0 aliphatic carbocycles. The molecule has 0 spiro atoms. The van der Waals surface area contributed by atoms with Crippen molar-refractivity contribution in [1.82, 2.24) is 5.32 Å². The molecule has 0 aliphatic rings. The predicted molar refractivity (Wildman–Crippen MR) is 75.2 cm³/mol. The summed E-state index contributed by atoms with van der Waals surface area (Å²) in [5, 5.41) is 31.6. The van der Waals surface area contributed by atoms with Crippen LogP contribution in [0.25, 0.3) is 0 Å². The predicted octanol–water partition coefficient (Wildman–Crippen LogP) is 1.86. The molecule has 0 bridgehead atoms. The molecule has 4 nitrogen and oxygen atoms in total. The first-order valence-corrected chi connectivity index (χ1v) is 7.44. The number of aliphatic hydroxyl groups excluding tert-OH is 1. The Balaban J connectivity index is 2.27. The number of thioether (sulfide) groups is 1. The second-order valence-corrected chi connectivity index (χ2v) is 5.15. The number of benzene rings is 1. The van der Waals surface area contributed by atoms with E-state index in [0.717, 1.165) is 18.7 Å². The van der Waals surface area contributed by atoms with E-state index in [1.165, 1.54) is 18.6 Å². The highest BCUT2D eigenvalue weighted by molar-refractivity contribution is 7.98. The van der Waals surface area contributed by atoms with Crippen LogP contribution in [-0.2, 0) is 0 Å². The monoisotopic (exact) mass is 271 g/mol. The van der Waals surface area contributed by atoms with Gasteiger partial charge >= 0.3 is 0 Å². The van der Waals surface area contributed by atoms with Crippen molar-refractivity contribution in [1.29, 1.82) is 0 Å². The Bertz CT molecular complexity index is 360. The molecule has 102 valence electrons. The van der Waals surface area contributed by atoms with E-state index >= 15 is 0 Å². The average Bonchev–Trinajstić information content (AvgIpc) is 2.36. The summed E-state index contributed by atoms with van der Waals surface area (Å²) in [6.07, 6.45) is 3.68. The lowest BCUT2D eigenvalue weighted by atomic mass is 10.1. The molecule has 0 saturated heterocycles. The molecule has 1 aromatic rings. The molecule has 4 N–H and O–H groups in total. The number of unbranched alkanes of at least 4 members (excludes halogenated alkanes) is 1. The zero-order valence-electron chi connectivity index (χ0n) is 10.6. The van der Waals surface area contributed by atoms with Crippen molar-refractivity contribution in [2.24, 2.45) is 0 Å². The quantitative estimate of drug-likeness (QED) is 0.429. The van der Waals surface area contributed by atoms with Gasteiger partial charge in [0, 0.05) is 6.54 Å². The van der Waals surface area contributed by atoms with E-state index in [9.17, 15) is 15.3 Å². The normalized spacial score (nSPS) is 12.6. The van der Waals surface area contributed by atoms with Gasteiger partial charge in [-0.25, -0.2) is 0 Å². The Labute approximate surface area is 112 Å². The SMILES string of the molecule is CSCCCCNC[C@H](O)c1ccc(O)c(O)c1. The Morgan fingerprint density at radius 3 is 2.67 bits per heavy atom. The summed E-state index contributed by atoms with van der Waals surface area (Å²) in [6, 6.07) is 4.37. The molecule has 0 fully saturated rings. The van der Waals surface area contributed by atoms with E-state index in [1.54, 1.807) is 6.07 Å².